The smallest absolute Gasteiger partial charge is 0.275 e. The molecule has 0 bridgehead atoms. The summed E-state index contributed by atoms with van der Waals surface area (Å²) >= 11 is 0. The van der Waals surface area contributed by atoms with Crippen LogP contribution in [0, 0.1) is 5.82 Å². The van der Waals surface area contributed by atoms with Crippen molar-refractivity contribution in [2.75, 3.05) is 18.4 Å². The number of quaternary nitrogens is 1. The van der Waals surface area contributed by atoms with Crippen LogP contribution in [0.3, 0.4) is 0 Å². The maximum atomic E-state index is 12.9. The highest BCUT2D eigenvalue weighted by atomic mass is 19.1. The van der Waals surface area contributed by atoms with E-state index in [1.807, 2.05) is 12.1 Å². The van der Waals surface area contributed by atoms with E-state index in [1.54, 1.807) is 24.7 Å². The zero-order valence-corrected chi connectivity index (χ0v) is 15.1. The lowest BCUT2D eigenvalue weighted by atomic mass is 10.3. The minimum atomic E-state index is -0.390. The fraction of sp³-hybridized carbons (Fsp3) is 0.200. The number of rotatable bonds is 9. The molecule has 0 fully saturated rings. The van der Waals surface area contributed by atoms with Crippen molar-refractivity contribution in [2.24, 2.45) is 0 Å². The molecule has 0 atom stereocenters. The van der Waals surface area contributed by atoms with Crippen molar-refractivity contribution in [3.63, 3.8) is 0 Å². The monoisotopic (exact) mass is 386 g/mol. The molecule has 0 saturated carbocycles. The third-order valence-corrected chi connectivity index (χ3v) is 3.99. The molecule has 0 radical (unpaired) electrons. The molecule has 0 saturated heterocycles. The predicted octanol–water partition coefficient (Wildman–Crippen LogP) is 1.35. The third-order valence-electron chi connectivity index (χ3n) is 3.99. The molecule has 7 nitrogen and oxygen atoms in total. The SMILES string of the molecule is O=C(C[NH+](Cc1ccco1)Cc1ccco1)NCC(=O)Nc1ccc(F)cc1. The van der Waals surface area contributed by atoms with E-state index < -0.39 is 5.91 Å². The van der Waals surface area contributed by atoms with Crippen molar-refractivity contribution in [2.45, 2.75) is 13.1 Å². The Bertz CT molecular complexity index is 841. The van der Waals surface area contributed by atoms with Gasteiger partial charge in [-0.3, -0.25) is 9.59 Å². The van der Waals surface area contributed by atoms with Gasteiger partial charge in [0, 0.05) is 5.69 Å². The predicted molar refractivity (Wildman–Crippen MR) is 98.7 cm³/mol. The van der Waals surface area contributed by atoms with Crippen molar-refractivity contribution in [3.8, 4) is 0 Å². The fourth-order valence-corrected chi connectivity index (χ4v) is 2.71. The normalized spacial score (nSPS) is 10.8. The van der Waals surface area contributed by atoms with E-state index in [0.717, 1.165) is 16.4 Å². The van der Waals surface area contributed by atoms with Gasteiger partial charge in [0.1, 0.15) is 18.9 Å². The zero-order chi connectivity index (χ0) is 19.8. The number of amides is 2. The van der Waals surface area contributed by atoms with Crippen LogP contribution in [0.2, 0.25) is 0 Å². The average Bonchev–Trinajstić information content (AvgIpc) is 3.36. The molecule has 3 aromatic rings. The number of furan rings is 2. The molecule has 2 amide bonds. The second-order valence-corrected chi connectivity index (χ2v) is 6.27. The topological polar surface area (TPSA) is 88.9 Å². The number of carbonyl (C=O) groups excluding carboxylic acids is 2. The molecule has 1 aromatic carbocycles. The molecule has 146 valence electrons. The van der Waals surface area contributed by atoms with E-state index >= 15 is 0 Å². The molecule has 28 heavy (non-hydrogen) atoms. The molecule has 2 aromatic heterocycles. The summed E-state index contributed by atoms with van der Waals surface area (Å²) < 4.78 is 23.6. The van der Waals surface area contributed by atoms with Crippen LogP contribution in [0.15, 0.2) is 69.9 Å². The first-order chi connectivity index (χ1) is 13.6. The van der Waals surface area contributed by atoms with Crippen molar-refractivity contribution in [1.82, 2.24) is 5.32 Å². The van der Waals surface area contributed by atoms with Crippen LogP contribution in [0.5, 0.6) is 0 Å². The van der Waals surface area contributed by atoms with Gasteiger partial charge in [-0.15, -0.1) is 0 Å². The number of nitrogens with one attached hydrogen (secondary N) is 3. The van der Waals surface area contributed by atoms with E-state index in [1.165, 1.54) is 24.3 Å². The summed E-state index contributed by atoms with van der Waals surface area (Å²) in [6.45, 7) is 0.974. The first kappa shape index (κ1) is 19.4. The summed E-state index contributed by atoms with van der Waals surface area (Å²) in [4.78, 5) is 25.1. The van der Waals surface area contributed by atoms with Gasteiger partial charge in [-0.2, -0.15) is 0 Å². The average molecular weight is 386 g/mol. The van der Waals surface area contributed by atoms with E-state index in [-0.39, 0.29) is 24.8 Å². The Hall–Kier alpha value is -3.39. The van der Waals surface area contributed by atoms with Crippen LogP contribution in [0.25, 0.3) is 0 Å². The summed E-state index contributed by atoms with van der Waals surface area (Å²) in [5, 5.41) is 5.19. The van der Waals surface area contributed by atoms with Gasteiger partial charge >= 0.3 is 0 Å². The Morgan fingerprint density at radius 2 is 1.50 bits per heavy atom. The number of anilines is 1. The quantitative estimate of drug-likeness (QED) is 0.518. The molecular weight excluding hydrogens is 365 g/mol. The Kier molecular flexibility index (Phi) is 6.59. The molecule has 0 unspecified atom stereocenters. The highest BCUT2D eigenvalue weighted by molar-refractivity contribution is 5.94. The summed E-state index contributed by atoms with van der Waals surface area (Å²) in [6, 6.07) is 12.7. The second-order valence-electron chi connectivity index (χ2n) is 6.27. The largest absolute Gasteiger partial charge is 0.463 e. The van der Waals surface area contributed by atoms with Crippen LogP contribution < -0.4 is 15.5 Å². The van der Waals surface area contributed by atoms with Crippen molar-refractivity contribution >= 4 is 17.5 Å². The van der Waals surface area contributed by atoms with Crippen molar-refractivity contribution in [3.05, 3.63) is 78.4 Å². The van der Waals surface area contributed by atoms with Crippen LogP contribution >= 0.6 is 0 Å². The highest BCUT2D eigenvalue weighted by Crippen LogP contribution is 2.07. The minimum absolute atomic E-state index is 0.144. The fourth-order valence-electron chi connectivity index (χ4n) is 2.71. The van der Waals surface area contributed by atoms with E-state index in [0.29, 0.717) is 18.8 Å². The maximum Gasteiger partial charge on any atom is 0.275 e. The summed E-state index contributed by atoms with van der Waals surface area (Å²) in [5.74, 6) is 0.454. The maximum absolute atomic E-state index is 12.9. The number of halogens is 1. The Morgan fingerprint density at radius 3 is 2.04 bits per heavy atom. The number of hydrogen-bond acceptors (Lipinski definition) is 4. The van der Waals surface area contributed by atoms with Gasteiger partial charge in [-0.25, -0.2) is 4.39 Å². The summed E-state index contributed by atoms with van der Waals surface area (Å²) in [6.07, 6.45) is 3.17. The van der Waals surface area contributed by atoms with Crippen LogP contribution in [-0.2, 0) is 22.7 Å². The lowest BCUT2D eigenvalue weighted by Crippen LogP contribution is -3.10. The number of hydrogen-bond donors (Lipinski definition) is 3. The molecule has 8 heteroatoms. The molecule has 3 N–H and O–H groups in total. The molecule has 3 rings (SSSR count). The summed E-state index contributed by atoms with van der Waals surface area (Å²) in [5.41, 5.74) is 0.462. The number of carbonyl (C=O) groups is 2. The van der Waals surface area contributed by atoms with Gasteiger partial charge in [0.05, 0.1) is 19.1 Å². The van der Waals surface area contributed by atoms with E-state index in [4.69, 9.17) is 8.83 Å². The van der Waals surface area contributed by atoms with Gasteiger partial charge in [0.15, 0.2) is 18.1 Å². The van der Waals surface area contributed by atoms with Crippen LogP contribution in [0.4, 0.5) is 10.1 Å². The van der Waals surface area contributed by atoms with Crippen molar-refractivity contribution < 1.29 is 27.7 Å². The lowest BCUT2D eigenvalue weighted by molar-refractivity contribution is -0.921. The molecule has 0 aliphatic carbocycles. The van der Waals surface area contributed by atoms with Gasteiger partial charge in [-0.05, 0) is 48.5 Å². The van der Waals surface area contributed by atoms with Gasteiger partial charge < -0.3 is 24.4 Å². The molecular formula is C20H21FN3O4+. The molecule has 0 aliphatic rings. The molecule has 2 heterocycles. The van der Waals surface area contributed by atoms with E-state index in [9.17, 15) is 14.0 Å². The van der Waals surface area contributed by atoms with E-state index in [2.05, 4.69) is 10.6 Å². The summed E-state index contributed by atoms with van der Waals surface area (Å²) in [7, 11) is 0. The van der Waals surface area contributed by atoms with Gasteiger partial charge in [0.2, 0.25) is 5.91 Å². The Labute approximate surface area is 161 Å². The molecule has 0 spiro atoms. The third kappa shape index (κ3) is 6.10. The lowest BCUT2D eigenvalue weighted by Gasteiger charge is -2.17. The first-order valence-electron chi connectivity index (χ1n) is 8.79. The van der Waals surface area contributed by atoms with Crippen molar-refractivity contribution in [1.29, 1.82) is 0 Å². The second kappa shape index (κ2) is 9.52. The number of benzene rings is 1. The highest BCUT2D eigenvalue weighted by Gasteiger charge is 2.18. The molecule has 0 aliphatic heterocycles. The standard InChI is InChI=1S/C20H20FN3O4/c21-15-5-7-16(8-6-15)23-19(25)11-22-20(26)14-24(12-17-3-1-9-27-17)13-18-4-2-10-28-18/h1-10H,11-14H2,(H,22,26)(H,23,25)/p+1. The van der Waals surface area contributed by atoms with Gasteiger partial charge in [0.25, 0.3) is 5.91 Å². The Morgan fingerprint density at radius 1 is 0.893 bits per heavy atom. The van der Waals surface area contributed by atoms with Crippen LogP contribution in [0.1, 0.15) is 11.5 Å². The Balaban J connectivity index is 1.49. The van der Waals surface area contributed by atoms with Gasteiger partial charge in [-0.1, -0.05) is 0 Å². The first-order valence-corrected chi connectivity index (χ1v) is 8.79. The van der Waals surface area contributed by atoms with Crippen LogP contribution in [-0.4, -0.2) is 24.9 Å². The minimum Gasteiger partial charge on any atom is -0.463 e. The zero-order valence-electron chi connectivity index (χ0n) is 15.1.